The highest BCUT2D eigenvalue weighted by atomic mass is 32.2. The SMILES string of the molecule is CCc1cc(Oc2ccc(C)cc2C)nc(SCc2ccc(C(C)(C)C)cc2)n1. The minimum atomic E-state index is 0.171. The van der Waals surface area contributed by atoms with E-state index in [0.717, 1.165) is 34.3 Å². The van der Waals surface area contributed by atoms with Crippen molar-refractivity contribution in [3.8, 4) is 11.6 Å². The number of ether oxygens (including phenoxy) is 1. The summed E-state index contributed by atoms with van der Waals surface area (Å²) in [6.45, 7) is 12.9. The van der Waals surface area contributed by atoms with Crippen molar-refractivity contribution in [1.29, 1.82) is 0 Å². The van der Waals surface area contributed by atoms with Gasteiger partial charge in [0.2, 0.25) is 5.88 Å². The Hall–Kier alpha value is -2.33. The number of hydrogen-bond acceptors (Lipinski definition) is 4. The van der Waals surface area contributed by atoms with E-state index in [-0.39, 0.29) is 5.41 Å². The molecule has 0 aliphatic carbocycles. The second-order valence-electron chi connectivity index (χ2n) is 8.44. The minimum absolute atomic E-state index is 0.171. The highest BCUT2D eigenvalue weighted by molar-refractivity contribution is 7.98. The molecule has 0 N–H and O–H groups in total. The number of aryl methyl sites for hydroxylation is 3. The normalized spacial score (nSPS) is 11.5. The van der Waals surface area contributed by atoms with E-state index in [0.29, 0.717) is 5.88 Å². The lowest BCUT2D eigenvalue weighted by molar-refractivity contribution is 0.450. The molecule has 0 aliphatic rings. The maximum absolute atomic E-state index is 6.09. The molecule has 3 rings (SSSR count). The van der Waals surface area contributed by atoms with E-state index in [9.17, 15) is 0 Å². The maximum Gasteiger partial charge on any atom is 0.223 e. The van der Waals surface area contributed by atoms with Crippen LogP contribution in [-0.2, 0) is 17.6 Å². The van der Waals surface area contributed by atoms with Crippen molar-refractivity contribution in [2.24, 2.45) is 0 Å². The Labute approximate surface area is 179 Å². The number of aromatic nitrogens is 2. The number of nitrogens with zero attached hydrogens (tertiary/aromatic N) is 2. The average Bonchev–Trinajstić information content (AvgIpc) is 2.68. The molecule has 3 nitrogen and oxygen atoms in total. The molecule has 0 bridgehead atoms. The van der Waals surface area contributed by atoms with Crippen LogP contribution in [0.15, 0.2) is 53.7 Å². The van der Waals surface area contributed by atoms with Crippen LogP contribution in [0.2, 0.25) is 0 Å². The molecule has 0 saturated heterocycles. The molecule has 0 radical (unpaired) electrons. The van der Waals surface area contributed by atoms with Crippen LogP contribution in [0.25, 0.3) is 0 Å². The van der Waals surface area contributed by atoms with Crippen LogP contribution >= 0.6 is 11.8 Å². The molecule has 0 unspecified atom stereocenters. The fourth-order valence-electron chi connectivity index (χ4n) is 3.02. The molecule has 1 aromatic heterocycles. The van der Waals surface area contributed by atoms with Gasteiger partial charge < -0.3 is 4.74 Å². The highest BCUT2D eigenvalue weighted by Crippen LogP contribution is 2.28. The van der Waals surface area contributed by atoms with E-state index in [4.69, 9.17) is 4.74 Å². The smallest absolute Gasteiger partial charge is 0.223 e. The zero-order valence-corrected chi connectivity index (χ0v) is 19.1. The van der Waals surface area contributed by atoms with E-state index < -0.39 is 0 Å². The fourth-order valence-corrected chi connectivity index (χ4v) is 3.85. The summed E-state index contributed by atoms with van der Waals surface area (Å²) in [7, 11) is 0. The van der Waals surface area contributed by atoms with Gasteiger partial charge in [-0.15, -0.1) is 0 Å². The number of rotatable bonds is 6. The molecule has 0 atom stereocenters. The Morgan fingerprint density at radius 1 is 0.931 bits per heavy atom. The molecule has 4 heteroatoms. The first kappa shape index (κ1) is 21.4. The monoisotopic (exact) mass is 406 g/mol. The summed E-state index contributed by atoms with van der Waals surface area (Å²) < 4.78 is 6.09. The van der Waals surface area contributed by atoms with Crippen LogP contribution in [0.3, 0.4) is 0 Å². The lowest BCUT2D eigenvalue weighted by atomic mass is 9.87. The Balaban J connectivity index is 1.75. The van der Waals surface area contributed by atoms with Gasteiger partial charge in [0.15, 0.2) is 5.16 Å². The summed E-state index contributed by atoms with van der Waals surface area (Å²) in [5.74, 6) is 2.28. The predicted octanol–water partition coefficient (Wildman–Crippen LogP) is 7.04. The number of hydrogen-bond donors (Lipinski definition) is 0. The van der Waals surface area contributed by atoms with E-state index in [1.54, 1.807) is 11.8 Å². The third kappa shape index (κ3) is 5.83. The topological polar surface area (TPSA) is 35.0 Å². The molecule has 0 spiro atoms. The van der Waals surface area contributed by atoms with Gasteiger partial charge in [0.25, 0.3) is 0 Å². The molecule has 29 heavy (non-hydrogen) atoms. The van der Waals surface area contributed by atoms with Gasteiger partial charge >= 0.3 is 0 Å². The quantitative estimate of drug-likeness (QED) is 0.325. The lowest BCUT2D eigenvalue weighted by Gasteiger charge is -2.19. The first-order valence-corrected chi connectivity index (χ1v) is 11.1. The first-order chi connectivity index (χ1) is 13.7. The standard InChI is InChI=1S/C25H30N2OS/c1-7-21-15-23(28-22-13-8-17(2)14-18(22)3)27-24(26-21)29-16-19-9-11-20(12-10-19)25(4,5)6/h8-15H,7,16H2,1-6H3. The average molecular weight is 407 g/mol. The summed E-state index contributed by atoms with van der Waals surface area (Å²) in [4.78, 5) is 9.32. The molecule has 0 amide bonds. The maximum atomic E-state index is 6.09. The largest absolute Gasteiger partial charge is 0.439 e. The molecule has 2 aromatic carbocycles. The molecule has 1 heterocycles. The highest BCUT2D eigenvalue weighted by Gasteiger charge is 2.13. The molecule has 0 saturated carbocycles. The van der Waals surface area contributed by atoms with Crippen LogP contribution in [0.5, 0.6) is 11.6 Å². The van der Waals surface area contributed by atoms with Crippen LogP contribution < -0.4 is 4.74 Å². The van der Waals surface area contributed by atoms with Gasteiger partial charge in [-0.3, -0.25) is 0 Å². The van der Waals surface area contributed by atoms with Crippen LogP contribution in [0.4, 0.5) is 0 Å². The van der Waals surface area contributed by atoms with Gasteiger partial charge in [-0.1, -0.05) is 81.4 Å². The third-order valence-electron chi connectivity index (χ3n) is 4.83. The molecule has 0 fully saturated rings. The van der Waals surface area contributed by atoms with Crippen LogP contribution in [0.1, 0.15) is 55.6 Å². The Bertz CT molecular complexity index is 975. The Morgan fingerprint density at radius 2 is 1.66 bits per heavy atom. The lowest BCUT2D eigenvalue weighted by Crippen LogP contribution is -2.10. The van der Waals surface area contributed by atoms with Gasteiger partial charge in [0.1, 0.15) is 5.75 Å². The van der Waals surface area contributed by atoms with Crippen molar-refractivity contribution in [2.75, 3.05) is 0 Å². The van der Waals surface area contributed by atoms with Gasteiger partial charge in [-0.25, -0.2) is 4.98 Å². The molecular weight excluding hydrogens is 376 g/mol. The van der Waals surface area contributed by atoms with E-state index in [2.05, 4.69) is 87.9 Å². The molecule has 3 aromatic rings. The second-order valence-corrected chi connectivity index (χ2v) is 9.38. The summed E-state index contributed by atoms with van der Waals surface area (Å²) in [6, 6.07) is 16.9. The molecular formula is C25H30N2OS. The van der Waals surface area contributed by atoms with E-state index in [1.165, 1.54) is 16.7 Å². The Morgan fingerprint density at radius 3 is 2.28 bits per heavy atom. The van der Waals surface area contributed by atoms with Crippen molar-refractivity contribution in [1.82, 2.24) is 9.97 Å². The fraction of sp³-hybridized carbons (Fsp3) is 0.360. The summed E-state index contributed by atoms with van der Waals surface area (Å²) >= 11 is 1.65. The summed E-state index contributed by atoms with van der Waals surface area (Å²) in [6.07, 6.45) is 0.847. The zero-order valence-electron chi connectivity index (χ0n) is 18.2. The van der Waals surface area contributed by atoms with E-state index >= 15 is 0 Å². The molecule has 0 aliphatic heterocycles. The minimum Gasteiger partial charge on any atom is -0.439 e. The van der Waals surface area contributed by atoms with Crippen molar-refractivity contribution >= 4 is 11.8 Å². The number of thioether (sulfide) groups is 1. The first-order valence-electron chi connectivity index (χ1n) is 10.1. The zero-order chi connectivity index (χ0) is 21.0. The molecule has 152 valence electrons. The van der Waals surface area contributed by atoms with Crippen molar-refractivity contribution in [2.45, 2.75) is 64.3 Å². The van der Waals surface area contributed by atoms with E-state index in [1.807, 2.05) is 12.1 Å². The van der Waals surface area contributed by atoms with Crippen molar-refractivity contribution in [3.63, 3.8) is 0 Å². The van der Waals surface area contributed by atoms with Crippen LogP contribution in [0, 0.1) is 13.8 Å². The van der Waals surface area contributed by atoms with Gasteiger partial charge in [0, 0.05) is 17.5 Å². The van der Waals surface area contributed by atoms with Gasteiger partial charge in [0.05, 0.1) is 0 Å². The summed E-state index contributed by atoms with van der Waals surface area (Å²) in [5.41, 5.74) is 6.11. The van der Waals surface area contributed by atoms with Gasteiger partial charge in [-0.2, -0.15) is 4.98 Å². The summed E-state index contributed by atoms with van der Waals surface area (Å²) in [5, 5.41) is 0.754. The second kappa shape index (κ2) is 9.00. The van der Waals surface area contributed by atoms with Crippen LogP contribution in [-0.4, -0.2) is 9.97 Å². The van der Waals surface area contributed by atoms with Crippen molar-refractivity contribution < 1.29 is 4.74 Å². The van der Waals surface area contributed by atoms with Crippen molar-refractivity contribution in [3.05, 3.63) is 76.5 Å². The Kier molecular flexibility index (Phi) is 6.63. The number of benzene rings is 2. The van der Waals surface area contributed by atoms with Gasteiger partial charge in [-0.05, 0) is 48.4 Å². The third-order valence-corrected chi connectivity index (χ3v) is 5.75. The predicted molar refractivity (Wildman–Crippen MR) is 122 cm³/mol.